The molecule has 3 heterocycles. The number of guanidine groups is 1. The summed E-state index contributed by atoms with van der Waals surface area (Å²) in [5.74, 6) is 2.64. The minimum Gasteiger partial charge on any atom is -0.482 e. The topological polar surface area (TPSA) is 82.1 Å². The Hall–Kier alpha value is -3.29. The average Bonchev–Trinajstić information content (AvgIpc) is 2.82. The van der Waals surface area contributed by atoms with Gasteiger partial charge in [-0.25, -0.2) is 4.98 Å². The Balaban J connectivity index is 1.20. The molecule has 8 heteroatoms. The summed E-state index contributed by atoms with van der Waals surface area (Å²) in [6.07, 6.45) is 2.89. The second-order valence-electron chi connectivity index (χ2n) is 8.20. The number of pyridine rings is 1. The molecule has 8 nitrogen and oxygen atoms in total. The minimum atomic E-state index is 0.000988. The number of anilines is 2. The highest BCUT2D eigenvalue weighted by Crippen LogP contribution is 2.31. The summed E-state index contributed by atoms with van der Waals surface area (Å²) in [4.78, 5) is 25.5. The molecular formula is C24H32N6O2. The van der Waals surface area contributed by atoms with E-state index in [1.54, 1.807) is 7.05 Å². The van der Waals surface area contributed by atoms with Gasteiger partial charge in [0.2, 0.25) is 0 Å². The van der Waals surface area contributed by atoms with E-state index in [2.05, 4.69) is 37.6 Å². The van der Waals surface area contributed by atoms with Crippen LogP contribution in [0.2, 0.25) is 0 Å². The van der Waals surface area contributed by atoms with Crippen molar-refractivity contribution >= 4 is 23.4 Å². The van der Waals surface area contributed by atoms with Gasteiger partial charge in [0.25, 0.3) is 5.91 Å². The van der Waals surface area contributed by atoms with Crippen molar-refractivity contribution in [2.75, 3.05) is 49.6 Å². The number of ether oxygens (including phenoxy) is 1. The number of aryl methyl sites for hydroxylation is 1. The molecule has 0 atom stereocenters. The molecule has 2 N–H and O–H groups in total. The molecule has 32 heavy (non-hydrogen) atoms. The van der Waals surface area contributed by atoms with Crippen molar-refractivity contribution in [2.45, 2.75) is 32.2 Å². The van der Waals surface area contributed by atoms with Gasteiger partial charge in [-0.1, -0.05) is 18.2 Å². The largest absolute Gasteiger partial charge is 0.482 e. The van der Waals surface area contributed by atoms with Crippen LogP contribution in [0.1, 0.15) is 25.0 Å². The van der Waals surface area contributed by atoms with Crippen LogP contribution in [0, 0.1) is 6.92 Å². The fourth-order valence-electron chi connectivity index (χ4n) is 4.19. The number of amides is 1. The van der Waals surface area contributed by atoms with E-state index in [1.807, 2.05) is 42.2 Å². The molecule has 170 valence electrons. The number of para-hydroxylation sites is 2. The Morgan fingerprint density at radius 2 is 2.00 bits per heavy atom. The number of rotatable bonds is 6. The van der Waals surface area contributed by atoms with Gasteiger partial charge in [0.15, 0.2) is 12.6 Å². The van der Waals surface area contributed by atoms with Gasteiger partial charge in [-0.15, -0.1) is 0 Å². The van der Waals surface area contributed by atoms with Gasteiger partial charge in [0.1, 0.15) is 11.6 Å². The number of hydrogen-bond acceptors (Lipinski definition) is 5. The minimum absolute atomic E-state index is 0.000988. The molecule has 1 fully saturated rings. The highest BCUT2D eigenvalue weighted by Gasteiger charge is 2.25. The summed E-state index contributed by atoms with van der Waals surface area (Å²) in [5.41, 5.74) is 1.90. The van der Waals surface area contributed by atoms with Gasteiger partial charge < -0.3 is 25.2 Å². The maximum absolute atomic E-state index is 12.3. The first-order chi connectivity index (χ1) is 15.6. The average molecular weight is 437 g/mol. The first kappa shape index (κ1) is 21.9. The van der Waals surface area contributed by atoms with Gasteiger partial charge in [0, 0.05) is 45.0 Å². The standard InChI is InChI=1S/C24H32N6O2/c1-18-7-5-10-22(27-18)29-15-11-19(12-16-29)28-24(25-2)26-13-6-14-30-20-8-3-4-9-21(20)32-17-23(30)31/h3-5,7-10,19H,6,11-17H2,1-2H3,(H2,25,26,28). The molecule has 4 rings (SSSR count). The van der Waals surface area contributed by atoms with E-state index in [0.29, 0.717) is 12.6 Å². The van der Waals surface area contributed by atoms with Crippen molar-refractivity contribution in [1.29, 1.82) is 0 Å². The molecule has 2 aliphatic heterocycles. The monoisotopic (exact) mass is 436 g/mol. The van der Waals surface area contributed by atoms with E-state index in [-0.39, 0.29) is 12.5 Å². The van der Waals surface area contributed by atoms with E-state index in [0.717, 1.165) is 67.8 Å². The van der Waals surface area contributed by atoms with E-state index in [9.17, 15) is 4.79 Å². The number of carbonyl (C=O) groups is 1. The van der Waals surface area contributed by atoms with Crippen LogP contribution in [0.3, 0.4) is 0 Å². The number of nitrogens with one attached hydrogen (secondary N) is 2. The lowest BCUT2D eigenvalue weighted by molar-refractivity contribution is -0.121. The van der Waals surface area contributed by atoms with Crippen LogP contribution in [0.5, 0.6) is 5.75 Å². The summed E-state index contributed by atoms with van der Waals surface area (Å²) < 4.78 is 5.51. The third-order valence-electron chi connectivity index (χ3n) is 5.92. The maximum Gasteiger partial charge on any atom is 0.265 e. The number of aliphatic imine (C=N–C) groups is 1. The van der Waals surface area contributed by atoms with Crippen molar-refractivity contribution in [3.63, 3.8) is 0 Å². The number of nitrogens with zero attached hydrogens (tertiary/aromatic N) is 4. The molecule has 0 saturated carbocycles. The van der Waals surface area contributed by atoms with Gasteiger partial charge in [-0.2, -0.15) is 0 Å². The van der Waals surface area contributed by atoms with Crippen LogP contribution >= 0.6 is 0 Å². The van der Waals surface area contributed by atoms with Crippen molar-refractivity contribution in [3.8, 4) is 5.75 Å². The molecule has 0 radical (unpaired) electrons. The normalized spacial score (nSPS) is 17.1. The Morgan fingerprint density at radius 1 is 1.19 bits per heavy atom. The number of hydrogen-bond donors (Lipinski definition) is 2. The number of fused-ring (bicyclic) bond motifs is 1. The summed E-state index contributed by atoms with van der Waals surface area (Å²) >= 11 is 0. The van der Waals surface area contributed by atoms with Crippen LogP contribution in [0.4, 0.5) is 11.5 Å². The van der Waals surface area contributed by atoms with E-state index in [1.165, 1.54) is 0 Å². The smallest absolute Gasteiger partial charge is 0.265 e. The SMILES string of the molecule is CN=C(NCCCN1C(=O)COc2ccccc21)NC1CCN(c2cccc(C)n2)CC1. The Kier molecular flexibility index (Phi) is 7.09. The predicted molar refractivity (Wildman–Crippen MR) is 128 cm³/mol. The fraction of sp³-hybridized carbons (Fsp3) is 0.458. The molecule has 1 amide bonds. The number of aromatic nitrogens is 1. The first-order valence-electron chi connectivity index (χ1n) is 11.3. The Morgan fingerprint density at radius 3 is 2.78 bits per heavy atom. The molecule has 2 aliphatic rings. The molecule has 1 aromatic carbocycles. The van der Waals surface area contributed by atoms with Crippen molar-refractivity contribution in [3.05, 3.63) is 48.2 Å². The highest BCUT2D eigenvalue weighted by atomic mass is 16.5. The zero-order valence-corrected chi connectivity index (χ0v) is 18.9. The summed E-state index contributed by atoms with van der Waals surface area (Å²) in [6, 6.07) is 14.2. The third-order valence-corrected chi connectivity index (χ3v) is 5.92. The lowest BCUT2D eigenvalue weighted by Crippen LogP contribution is -2.49. The molecule has 0 aliphatic carbocycles. The van der Waals surface area contributed by atoms with Gasteiger partial charge in [-0.3, -0.25) is 9.79 Å². The zero-order chi connectivity index (χ0) is 22.3. The Labute approximate surface area is 189 Å². The second kappa shape index (κ2) is 10.3. The molecule has 2 aromatic rings. The molecule has 0 bridgehead atoms. The number of piperidine rings is 1. The highest BCUT2D eigenvalue weighted by molar-refractivity contribution is 5.97. The summed E-state index contributed by atoms with van der Waals surface area (Å²) in [6.45, 7) is 5.46. The van der Waals surface area contributed by atoms with Gasteiger partial charge in [-0.05, 0) is 50.5 Å². The molecule has 0 unspecified atom stereocenters. The fourth-order valence-corrected chi connectivity index (χ4v) is 4.19. The van der Waals surface area contributed by atoms with Gasteiger partial charge >= 0.3 is 0 Å². The third kappa shape index (κ3) is 5.30. The summed E-state index contributed by atoms with van der Waals surface area (Å²) in [5, 5.41) is 6.93. The second-order valence-corrected chi connectivity index (χ2v) is 8.20. The van der Waals surface area contributed by atoms with Crippen LogP contribution in [0.25, 0.3) is 0 Å². The van der Waals surface area contributed by atoms with Crippen LogP contribution < -0.4 is 25.2 Å². The number of benzene rings is 1. The Bertz CT molecular complexity index is 955. The van der Waals surface area contributed by atoms with E-state index >= 15 is 0 Å². The van der Waals surface area contributed by atoms with Gasteiger partial charge in [0.05, 0.1) is 5.69 Å². The van der Waals surface area contributed by atoms with E-state index in [4.69, 9.17) is 4.74 Å². The molecular weight excluding hydrogens is 404 g/mol. The van der Waals surface area contributed by atoms with Crippen LogP contribution in [-0.2, 0) is 4.79 Å². The predicted octanol–water partition coefficient (Wildman–Crippen LogP) is 2.34. The molecule has 1 aromatic heterocycles. The zero-order valence-electron chi connectivity index (χ0n) is 18.9. The summed E-state index contributed by atoms with van der Waals surface area (Å²) in [7, 11) is 1.79. The number of carbonyl (C=O) groups excluding carboxylic acids is 1. The first-order valence-corrected chi connectivity index (χ1v) is 11.3. The molecule has 1 saturated heterocycles. The van der Waals surface area contributed by atoms with E-state index < -0.39 is 0 Å². The lowest BCUT2D eigenvalue weighted by atomic mass is 10.1. The van der Waals surface area contributed by atoms with Crippen molar-refractivity contribution in [1.82, 2.24) is 15.6 Å². The van der Waals surface area contributed by atoms with Crippen LogP contribution in [-0.4, -0.2) is 62.7 Å². The van der Waals surface area contributed by atoms with Crippen molar-refractivity contribution in [2.24, 2.45) is 4.99 Å². The lowest BCUT2D eigenvalue weighted by Gasteiger charge is -2.34. The quantitative estimate of drug-likeness (QED) is 0.411. The maximum atomic E-state index is 12.3. The van der Waals surface area contributed by atoms with Crippen LogP contribution in [0.15, 0.2) is 47.5 Å². The molecule has 0 spiro atoms. The van der Waals surface area contributed by atoms with Crippen molar-refractivity contribution < 1.29 is 9.53 Å².